The molecule has 0 fully saturated rings. The number of aromatic nitrogens is 4. The Balaban J connectivity index is 1.86. The zero-order valence-corrected chi connectivity index (χ0v) is 19.8. The summed E-state index contributed by atoms with van der Waals surface area (Å²) in [5, 5.41) is 9.96. The molecule has 2 heterocycles. The number of imidazole rings is 1. The maximum Gasteiger partial charge on any atom is 0.165 e. The Bertz CT molecular complexity index is 1420. The van der Waals surface area contributed by atoms with Crippen molar-refractivity contribution < 1.29 is 14.2 Å². The second-order valence-corrected chi connectivity index (χ2v) is 8.52. The van der Waals surface area contributed by atoms with Gasteiger partial charge in [-0.05, 0) is 28.8 Å². The van der Waals surface area contributed by atoms with Gasteiger partial charge in [0.15, 0.2) is 17.3 Å². The number of fused-ring (bicyclic) bond motifs is 1. The highest BCUT2D eigenvalue weighted by Crippen LogP contribution is 2.44. The van der Waals surface area contributed by atoms with Gasteiger partial charge in [0.2, 0.25) is 0 Å². The van der Waals surface area contributed by atoms with E-state index in [-0.39, 0.29) is 12.4 Å². The zero-order chi connectivity index (χ0) is 25.1. The van der Waals surface area contributed by atoms with Crippen LogP contribution in [0, 0.1) is 0 Å². The summed E-state index contributed by atoms with van der Waals surface area (Å²) < 4.78 is 20.1. The molecule has 1 atom stereocenters. The van der Waals surface area contributed by atoms with Gasteiger partial charge in [-0.25, -0.2) is 19.3 Å². The molecule has 0 aliphatic rings. The quantitative estimate of drug-likeness (QED) is 0.322. The van der Waals surface area contributed by atoms with Crippen molar-refractivity contribution in [2.24, 2.45) is 0 Å². The summed E-state index contributed by atoms with van der Waals surface area (Å²) in [5.41, 5.74) is 9.10. The molecular weight excluding hydrogens is 457 g/mol. The van der Waals surface area contributed by atoms with E-state index in [2.05, 4.69) is 4.98 Å². The van der Waals surface area contributed by atoms with Crippen molar-refractivity contribution >= 4 is 17.0 Å². The standard InChI is InChI=1S/C28H26FN5O2/c1-36-23-14-12-21(13-15-23)28(19-8-4-2-5-9-19,20-10-6-3-7-11-20)27-32-25(30)24-26(33-27)34(18-31-24)17-22(35)16-29/h2-15,18,22,35H,16-17H2,1H3,(H2,30,32,33)/t22-/m0/s1. The number of halogens is 1. The Morgan fingerprint density at radius 3 is 2.06 bits per heavy atom. The third kappa shape index (κ3) is 3.95. The van der Waals surface area contributed by atoms with E-state index in [4.69, 9.17) is 20.4 Å². The molecule has 5 rings (SSSR count). The third-order valence-corrected chi connectivity index (χ3v) is 6.35. The van der Waals surface area contributed by atoms with Crippen molar-refractivity contribution in [3.05, 3.63) is 114 Å². The van der Waals surface area contributed by atoms with Gasteiger partial charge in [-0.2, -0.15) is 0 Å². The Labute approximate surface area is 208 Å². The van der Waals surface area contributed by atoms with E-state index >= 15 is 0 Å². The van der Waals surface area contributed by atoms with Crippen LogP contribution in [0.2, 0.25) is 0 Å². The maximum atomic E-state index is 13.1. The number of hydrogen-bond donors (Lipinski definition) is 2. The molecule has 0 aliphatic carbocycles. The molecule has 0 aliphatic heterocycles. The number of alkyl halides is 1. The van der Waals surface area contributed by atoms with Crippen molar-refractivity contribution in [2.75, 3.05) is 19.5 Å². The van der Waals surface area contributed by atoms with Crippen LogP contribution >= 0.6 is 0 Å². The minimum absolute atomic E-state index is 0.00486. The Morgan fingerprint density at radius 1 is 0.917 bits per heavy atom. The topological polar surface area (TPSA) is 99.1 Å². The zero-order valence-electron chi connectivity index (χ0n) is 19.8. The monoisotopic (exact) mass is 483 g/mol. The van der Waals surface area contributed by atoms with Gasteiger partial charge in [-0.15, -0.1) is 0 Å². The molecule has 8 heteroatoms. The lowest BCUT2D eigenvalue weighted by Gasteiger charge is -2.34. The molecule has 0 amide bonds. The van der Waals surface area contributed by atoms with E-state index in [1.54, 1.807) is 11.7 Å². The molecule has 3 N–H and O–H groups in total. The number of ether oxygens (including phenoxy) is 1. The molecule has 5 aromatic rings. The Morgan fingerprint density at radius 2 is 1.50 bits per heavy atom. The molecule has 0 saturated heterocycles. The molecule has 3 aromatic carbocycles. The lowest BCUT2D eigenvalue weighted by atomic mass is 9.68. The average molecular weight is 484 g/mol. The van der Waals surface area contributed by atoms with Gasteiger partial charge in [0.05, 0.1) is 20.0 Å². The first-order chi connectivity index (χ1) is 17.6. The predicted octanol–water partition coefficient (Wildman–Crippen LogP) is 4.13. The van der Waals surface area contributed by atoms with E-state index in [0.717, 1.165) is 22.4 Å². The second-order valence-electron chi connectivity index (χ2n) is 8.52. The molecule has 0 saturated carbocycles. The minimum Gasteiger partial charge on any atom is -0.497 e. The van der Waals surface area contributed by atoms with Gasteiger partial charge in [0.25, 0.3) is 0 Å². The number of benzene rings is 3. The molecule has 36 heavy (non-hydrogen) atoms. The van der Waals surface area contributed by atoms with Crippen LogP contribution in [-0.2, 0) is 12.0 Å². The van der Waals surface area contributed by atoms with Crippen LogP contribution in [0.25, 0.3) is 11.2 Å². The summed E-state index contributed by atoms with van der Waals surface area (Å²) in [6.07, 6.45) is 0.315. The fourth-order valence-electron chi connectivity index (χ4n) is 4.65. The van der Waals surface area contributed by atoms with Gasteiger partial charge >= 0.3 is 0 Å². The number of anilines is 1. The van der Waals surface area contributed by atoms with Crippen LogP contribution < -0.4 is 10.5 Å². The lowest BCUT2D eigenvalue weighted by Crippen LogP contribution is -2.33. The Hall–Kier alpha value is -4.30. The summed E-state index contributed by atoms with van der Waals surface area (Å²) >= 11 is 0. The van der Waals surface area contributed by atoms with Crippen LogP contribution in [0.1, 0.15) is 22.5 Å². The van der Waals surface area contributed by atoms with Crippen molar-refractivity contribution in [1.29, 1.82) is 0 Å². The highest BCUT2D eigenvalue weighted by molar-refractivity contribution is 5.82. The highest BCUT2D eigenvalue weighted by atomic mass is 19.1. The minimum atomic E-state index is -1.18. The number of nitrogens with two attached hydrogens (primary N) is 1. The summed E-state index contributed by atoms with van der Waals surface area (Å²) in [7, 11) is 1.63. The normalized spacial score (nSPS) is 12.5. The first-order valence-electron chi connectivity index (χ1n) is 11.6. The van der Waals surface area contributed by atoms with Crippen LogP contribution in [0.15, 0.2) is 91.3 Å². The van der Waals surface area contributed by atoms with E-state index in [1.165, 1.54) is 6.33 Å². The van der Waals surface area contributed by atoms with Crippen molar-refractivity contribution in [3.63, 3.8) is 0 Å². The number of aliphatic hydroxyl groups excluding tert-OH is 1. The van der Waals surface area contributed by atoms with Crippen LogP contribution in [0.5, 0.6) is 5.75 Å². The van der Waals surface area contributed by atoms with Crippen LogP contribution in [-0.4, -0.2) is 44.5 Å². The van der Waals surface area contributed by atoms with Gasteiger partial charge in [-0.1, -0.05) is 72.8 Å². The van der Waals surface area contributed by atoms with E-state index in [0.29, 0.717) is 17.0 Å². The number of nitrogen functional groups attached to an aromatic ring is 1. The van der Waals surface area contributed by atoms with E-state index in [1.807, 2.05) is 84.9 Å². The SMILES string of the molecule is COc1ccc(C(c2ccccc2)(c2ccccc2)c2nc(N)c3ncn(C[C@@H](O)CF)c3n2)cc1. The fourth-order valence-corrected chi connectivity index (χ4v) is 4.65. The highest BCUT2D eigenvalue weighted by Gasteiger charge is 2.42. The maximum absolute atomic E-state index is 13.1. The molecule has 0 unspecified atom stereocenters. The summed E-state index contributed by atoms with van der Waals surface area (Å²) in [5.74, 6) is 1.36. The Kier molecular flexibility index (Phi) is 6.35. The smallest absolute Gasteiger partial charge is 0.165 e. The lowest BCUT2D eigenvalue weighted by molar-refractivity contribution is 0.123. The summed E-state index contributed by atoms with van der Waals surface area (Å²) in [6.45, 7) is -0.883. The van der Waals surface area contributed by atoms with Crippen molar-refractivity contribution in [3.8, 4) is 5.75 Å². The molecule has 7 nitrogen and oxygen atoms in total. The number of aliphatic hydroxyl groups is 1. The van der Waals surface area contributed by atoms with Crippen molar-refractivity contribution in [1.82, 2.24) is 19.5 Å². The van der Waals surface area contributed by atoms with Crippen LogP contribution in [0.4, 0.5) is 10.2 Å². The molecule has 0 bridgehead atoms. The average Bonchev–Trinajstić information content (AvgIpc) is 3.34. The van der Waals surface area contributed by atoms with Gasteiger partial charge < -0.3 is 20.1 Å². The second kappa shape index (κ2) is 9.75. The largest absolute Gasteiger partial charge is 0.497 e. The first kappa shape index (κ1) is 23.4. The predicted molar refractivity (Wildman–Crippen MR) is 137 cm³/mol. The number of methoxy groups -OCH3 is 1. The van der Waals surface area contributed by atoms with Crippen LogP contribution in [0.3, 0.4) is 0 Å². The number of rotatable bonds is 8. The van der Waals surface area contributed by atoms with E-state index in [9.17, 15) is 9.50 Å². The molecule has 2 aromatic heterocycles. The van der Waals surface area contributed by atoms with Gasteiger partial charge in [0, 0.05) is 0 Å². The first-order valence-corrected chi connectivity index (χ1v) is 11.6. The fraction of sp³-hybridized carbons (Fsp3) is 0.179. The summed E-state index contributed by atoms with van der Waals surface area (Å²) in [6, 6.07) is 27.7. The number of nitrogens with zero attached hydrogens (tertiary/aromatic N) is 4. The third-order valence-electron chi connectivity index (χ3n) is 6.35. The number of hydrogen-bond acceptors (Lipinski definition) is 6. The molecular formula is C28H26FN5O2. The summed E-state index contributed by atoms with van der Waals surface area (Å²) in [4.78, 5) is 14.1. The molecule has 0 radical (unpaired) electrons. The molecule has 182 valence electrons. The van der Waals surface area contributed by atoms with E-state index < -0.39 is 18.2 Å². The van der Waals surface area contributed by atoms with Crippen molar-refractivity contribution in [2.45, 2.75) is 18.1 Å². The van der Waals surface area contributed by atoms with Gasteiger partial charge in [-0.3, -0.25) is 0 Å². The van der Waals surface area contributed by atoms with Gasteiger partial charge in [0.1, 0.15) is 29.5 Å². The molecule has 0 spiro atoms.